The Morgan fingerprint density at radius 2 is 2.33 bits per heavy atom. The molecule has 0 aliphatic heterocycles. The molecule has 1 aromatic carbocycles. The smallest absolute Gasteiger partial charge is 0.124 e. The minimum absolute atomic E-state index is 0.344. The molecule has 3 nitrogen and oxygen atoms in total. The van der Waals surface area contributed by atoms with E-state index in [0.29, 0.717) is 19.4 Å². The minimum atomic E-state index is -0.344. The summed E-state index contributed by atoms with van der Waals surface area (Å²) in [6.45, 7) is 2.22. The first-order valence-electron chi connectivity index (χ1n) is 5.06. The number of hydrogen-bond donors (Lipinski definition) is 1. The summed E-state index contributed by atoms with van der Waals surface area (Å²) in [7, 11) is 0. The van der Waals surface area contributed by atoms with Crippen LogP contribution in [0.2, 0.25) is 0 Å². The fourth-order valence-electron chi connectivity index (χ4n) is 1.21. The summed E-state index contributed by atoms with van der Waals surface area (Å²) in [5, 5.41) is 9.04. The van der Waals surface area contributed by atoms with E-state index in [0.717, 1.165) is 17.6 Å². The van der Waals surface area contributed by atoms with Gasteiger partial charge in [-0.3, -0.25) is 0 Å². The molecule has 0 saturated carbocycles. The van der Waals surface area contributed by atoms with Crippen molar-refractivity contribution in [3.8, 4) is 5.75 Å². The van der Waals surface area contributed by atoms with Crippen LogP contribution in [0, 0.1) is 0 Å². The van der Waals surface area contributed by atoms with Crippen molar-refractivity contribution >= 4 is 6.29 Å². The van der Waals surface area contributed by atoms with Gasteiger partial charge in [-0.05, 0) is 24.6 Å². The maximum atomic E-state index is 10.3. The highest BCUT2D eigenvalue weighted by molar-refractivity contribution is 5.55. The molecule has 0 aromatic heterocycles. The van der Waals surface area contributed by atoms with E-state index in [1.165, 1.54) is 0 Å². The first kappa shape index (κ1) is 11.7. The van der Waals surface area contributed by atoms with E-state index >= 15 is 0 Å². The van der Waals surface area contributed by atoms with E-state index in [1.807, 2.05) is 24.3 Å². The molecule has 1 rings (SSSR count). The zero-order valence-electron chi connectivity index (χ0n) is 8.85. The number of hydrogen-bond acceptors (Lipinski definition) is 3. The van der Waals surface area contributed by atoms with Crippen molar-refractivity contribution in [3.05, 3.63) is 29.8 Å². The molecule has 0 aliphatic rings. The Labute approximate surface area is 89.7 Å². The number of aliphatic hydroxyl groups is 1. The Bertz CT molecular complexity index is 307. The Hall–Kier alpha value is -1.35. The van der Waals surface area contributed by atoms with Crippen LogP contribution in [0.25, 0.3) is 0 Å². The van der Waals surface area contributed by atoms with Crippen LogP contribution >= 0.6 is 0 Å². The van der Waals surface area contributed by atoms with Crippen LogP contribution in [0.5, 0.6) is 5.75 Å². The molecule has 0 amide bonds. The quantitative estimate of drug-likeness (QED) is 0.722. The number of carbonyl (C=O) groups is 1. The molecule has 3 heteroatoms. The summed E-state index contributed by atoms with van der Waals surface area (Å²) in [6, 6.07) is 7.43. The first-order valence-corrected chi connectivity index (χ1v) is 5.06. The molecular formula is C12H16O3. The van der Waals surface area contributed by atoms with Gasteiger partial charge in [0.15, 0.2) is 0 Å². The van der Waals surface area contributed by atoms with Crippen LogP contribution in [-0.2, 0) is 11.2 Å². The fraction of sp³-hybridized carbons (Fsp3) is 0.417. The standard InChI is InChI=1S/C12H16O3/c1-10(14)6-8-15-12-4-2-3-11(9-12)5-7-13/h2-4,7,9-10,14H,5-6,8H2,1H3. The highest BCUT2D eigenvalue weighted by atomic mass is 16.5. The lowest BCUT2D eigenvalue weighted by molar-refractivity contribution is -0.107. The molecule has 1 atom stereocenters. The first-order chi connectivity index (χ1) is 7.22. The van der Waals surface area contributed by atoms with Gasteiger partial charge in [0.1, 0.15) is 12.0 Å². The zero-order chi connectivity index (χ0) is 11.1. The molecule has 1 unspecified atom stereocenters. The van der Waals surface area contributed by atoms with Crippen LogP contribution in [0.4, 0.5) is 0 Å². The molecule has 0 saturated heterocycles. The molecule has 0 radical (unpaired) electrons. The number of aliphatic hydroxyl groups excluding tert-OH is 1. The van der Waals surface area contributed by atoms with Crippen molar-refractivity contribution in [2.45, 2.75) is 25.9 Å². The second-order valence-electron chi connectivity index (χ2n) is 3.50. The second kappa shape index (κ2) is 6.19. The molecule has 0 aliphatic carbocycles. The van der Waals surface area contributed by atoms with Crippen LogP contribution in [0.3, 0.4) is 0 Å². The van der Waals surface area contributed by atoms with E-state index in [-0.39, 0.29) is 6.10 Å². The van der Waals surface area contributed by atoms with Gasteiger partial charge in [0, 0.05) is 12.8 Å². The molecule has 0 heterocycles. The van der Waals surface area contributed by atoms with Gasteiger partial charge in [-0.25, -0.2) is 0 Å². The predicted molar refractivity (Wildman–Crippen MR) is 58.0 cm³/mol. The molecule has 0 spiro atoms. The third-order valence-electron chi connectivity index (χ3n) is 2.02. The highest BCUT2D eigenvalue weighted by Crippen LogP contribution is 2.13. The van der Waals surface area contributed by atoms with Crippen LogP contribution in [0.15, 0.2) is 24.3 Å². The largest absolute Gasteiger partial charge is 0.493 e. The van der Waals surface area contributed by atoms with Crippen molar-refractivity contribution in [3.63, 3.8) is 0 Å². The van der Waals surface area contributed by atoms with E-state index < -0.39 is 0 Å². The lowest BCUT2D eigenvalue weighted by atomic mass is 10.1. The minimum Gasteiger partial charge on any atom is -0.493 e. The van der Waals surface area contributed by atoms with Gasteiger partial charge < -0.3 is 14.6 Å². The number of carbonyl (C=O) groups excluding carboxylic acids is 1. The van der Waals surface area contributed by atoms with Crippen molar-refractivity contribution < 1.29 is 14.6 Å². The Kier molecular flexibility index (Phi) is 4.84. The summed E-state index contributed by atoms with van der Waals surface area (Å²) >= 11 is 0. The van der Waals surface area contributed by atoms with Crippen LogP contribution in [-0.4, -0.2) is 24.1 Å². The predicted octanol–water partition coefficient (Wildman–Crippen LogP) is 1.58. The molecular weight excluding hydrogens is 192 g/mol. The molecule has 0 bridgehead atoms. The van der Waals surface area contributed by atoms with Crippen molar-refractivity contribution in [2.75, 3.05) is 6.61 Å². The Morgan fingerprint density at radius 1 is 1.53 bits per heavy atom. The molecule has 82 valence electrons. The summed E-state index contributed by atoms with van der Waals surface area (Å²) in [6.07, 6.45) is 1.55. The van der Waals surface area contributed by atoms with Gasteiger partial charge in [-0.2, -0.15) is 0 Å². The normalized spacial score (nSPS) is 12.1. The average molecular weight is 208 g/mol. The van der Waals surface area contributed by atoms with Gasteiger partial charge >= 0.3 is 0 Å². The summed E-state index contributed by atoms with van der Waals surface area (Å²) in [5.41, 5.74) is 0.944. The van der Waals surface area contributed by atoms with E-state index in [1.54, 1.807) is 6.92 Å². The van der Waals surface area contributed by atoms with Crippen LogP contribution in [0.1, 0.15) is 18.9 Å². The highest BCUT2D eigenvalue weighted by Gasteiger charge is 1.98. The van der Waals surface area contributed by atoms with Gasteiger partial charge in [-0.15, -0.1) is 0 Å². The maximum absolute atomic E-state index is 10.3. The topological polar surface area (TPSA) is 46.5 Å². The molecule has 1 N–H and O–H groups in total. The lowest BCUT2D eigenvalue weighted by Gasteiger charge is -2.08. The van der Waals surface area contributed by atoms with Gasteiger partial charge in [0.2, 0.25) is 0 Å². The number of benzene rings is 1. The Morgan fingerprint density at radius 3 is 3.00 bits per heavy atom. The lowest BCUT2D eigenvalue weighted by Crippen LogP contribution is -2.07. The van der Waals surface area contributed by atoms with Gasteiger partial charge in [0.25, 0.3) is 0 Å². The number of ether oxygens (including phenoxy) is 1. The molecule has 0 fully saturated rings. The monoisotopic (exact) mass is 208 g/mol. The molecule has 1 aromatic rings. The van der Waals surface area contributed by atoms with E-state index in [4.69, 9.17) is 9.84 Å². The average Bonchev–Trinajstić information content (AvgIpc) is 2.18. The summed E-state index contributed by atoms with van der Waals surface area (Å²) < 4.78 is 5.43. The van der Waals surface area contributed by atoms with Crippen LogP contribution < -0.4 is 4.74 Å². The SMILES string of the molecule is CC(O)CCOc1cccc(CC=O)c1. The van der Waals surface area contributed by atoms with Crippen molar-refractivity contribution in [2.24, 2.45) is 0 Å². The maximum Gasteiger partial charge on any atom is 0.124 e. The zero-order valence-corrected chi connectivity index (χ0v) is 8.85. The fourth-order valence-corrected chi connectivity index (χ4v) is 1.21. The molecule has 15 heavy (non-hydrogen) atoms. The van der Waals surface area contributed by atoms with Crippen molar-refractivity contribution in [1.29, 1.82) is 0 Å². The van der Waals surface area contributed by atoms with Crippen molar-refractivity contribution in [1.82, 2.24) is 0 Å². The van der Waals surface area contributed by atoms with Gasteiger partial charge in [0.05, 0.1) is 12.7 Å². The Balaban J connectivity index is 2.46. The summed E-state index contributed by atoms with van der Waals surface area (Å²) in [5.74, 6) is 0.745. The van der Waals surface area contributed by atoms with Gasteiger partial charge in [-0.1, -0.05) is 12.1 Å². The van der Waals surface area contributed by atoms with E-state index in [9.17, 15) is 4.79 Å². The number of rotatable bonds is 6. The third-order valence-corrected chi connectivity index (χ3v) is 2.02. The van der Waals surface area contributed by atoms with E-state index in [2.05, 4.69) is 0 Å². The summed E-state index contributed by atoms with van der Waals surface area (Å²) in [4.78, 5) is 10.3. The third kappa shape index (κ3) is 4.61. The second-order valence-corrected chi connectivity index (χ2v) is 3.50. The number of aldehydes is 1.